The first-order valence-electron chi connectivity index (χ1n) is 7.82. The Bertz CT molecular complexity index is 347. The largest absolute Gasteiger partial charge is 0.444 e. The summed E-state index contributed by atoms with van der Waals surface area (Å²) in [6.45, 7) is 5.86. The first-order chi connectivity index (χ1) is 9.81. The number of amides is 2. The third kappa shape index (κ3) is 7.32. The molecule has 1 atom stereocenters. The highest BCUT2D eigenvalue weighted by atomic mass is 16.6. The first kappa shape index (κ1) is 17.8. The van der Waals surface area contributed by atoms with Crippen LogP contribution in [0.3, 0.4) is 0 Å². The van der Waals surface area contributed by atoms with Gasteiger partial charge in [0.1, 0.15) is 11.6 Å². The molecule has 6 heteroatoms. The lowest BCUT2D eigenvalue weighted by molar-refractivity contribution is -0.124. The molecule has 0 saturated heterocycles. The topological polar surface area (TPSA) is 93.4 Å². The van der Waals surface area contributed by atoms with Gasteiger partial charge < -0.3 is 21.1 Å². The van der Waals surface area contributed by atoms with Gasteiger partial charge >= 0.3 is 6.09 Å². The van der Waals surface area contributed by atoms with Crippen molar-refractivity contribution >= 4 is 12.0 Å². The van der Waals surface area contributed by atoms with Crippen LogP contribution >= 0.6 is 0 Å². The number of ether oxygens (including phenoxy) is 1. The molecule has 122 valence electrons. The fourth-order valence-electron chi connectivity index (χ4n) is 2.41. The van der Waals surface area contributed by atoms with Crippen molar-refractivity contribution < 1.29 is 14.3 Å². The van der Waals surface area contributed by atoms with Gasteiger partial charge in [0, 0.05) is 6.04 Å². The molecule has 1 unspecified atom stereocenters. The normalized spacial score (nSPS) is 17.3. The Labute approximate surface area is 127 Å². The first-order valence-corrected chi connectivity index (χ1v) is 7.82. The average molecular weight is 299 g/mol. The van der Waals surface area contributed by atoms with Gasteiger partial charge in [-0.25, -0.2) is 4.79 Å². The minimum absolute atomic E-state index is 0.138. The van der Waals surface area contributed by atoms with Gasteiger partial charge in [-0.1, -0.05) is 12.8 Å². The summed E-state index contributed by atoms with van der Waals surface area (Å²) in [5.74, 6) is -0.138. The third-order valence-electron chi connectivity index (χ3n) is 3.41. The second kappa shape index (κ2) is 8.22. The van der Waals surface area contributed by atoms with Crippen molar-refractivity contribution in [1.29, 1.82) is 0 Å². The van der Waals surface area contributed by atoms with Crippen LogP contribution in [0.2, 0.25) is 0 Å². The molecule has 1 aliphatic rings. The van der Waals surface area contributed by atoms with E-state index in [0.29, 0.717) is 19.4 Å². The van der Waals surface area contributed by atoms with E-state index in [-0.39, 0.29) is 11.9 Å². The number of nitrogens with one attached hydrogen (secondary N) is 2. The highest BCUT2D eigenvalue weighted by Gasteiger charge is 2.26. The van der Waals surface area contributed by atoms with E-state index in [1.807, 2.05) is 0 Å². The van der Waals surface area contributed by atoms with Crippen LogP contribution in [-0.2, 0) is 9.53 Å². The Hall–Kier alpha value is -1.30. The van der Waals surface area contributed by atoms with E-state index in [0.717, 1.165) is 25.7 Å². The van der Waals surface area contributed by atoms with Crippen LogP contribution in [0.5, 0.6) is 0 Å². The zero-order valence-electron chi connectivity index (χ0n) is 13.4. The van der Waals surface area contributed by atoms with Crippen molar-refractivity contribution in [3.8, 4) is 0 Å². The van der Waals surface area contributed by atoms with Crippen molar-refractivity contribution in [1.82, 2.24) is 10.6 Å². The summed E-state index contributed by atoms with van der Waals surface area (Å²) in [5.41, 5.74) is 4.92. The number of hydrogen-bond donors (Lipinski definition) is 3. The highest BCUT2D eigenvalue weighted by Crippen LogP contribution is 2.18. The monoisotopic (exact) mass is 299 g/mol. The molecular weight excluding hydrogens is 270 g/mol. The zero-order valence-corrected chi connectivity index (χ0v) is 13.4. The molecule has 1 rings (SSSR count). The van der Waals surface area contributed by atoms with E-state index in [2.05, 4.69) is 10.6 Å². The lowest BCUT2D eigenvalue weighted by Gasteiger charge is -2.24. The van der Waals surface area contributed by atoms with Crippen LogP contribution in [-0.4, -0.2) is 36.2 Å². The summed E-state index contributed by atoms with van der Waals surface area (Å²) in [5, 5.41) is 5.66. The van der Waals surface area contributed by atoms with Crippen LogP contribution < -0.4 is 16.4 Å². The molecule has 1 fully saturated rings. The maximum Gasteiger partial charge on any atom is 0.408 e. The van der Waals surface area contributed by atoms with E-state index < -0.39 is 17.7 Å². The Morgan fingerprint density at radius 3 is 2.43 bits per heavy atom. The van der Waals surface area contributed by atoms with Crippen LogP contribution in [0.15, 0.2) is 0 Å². The van der Waals surface area contributed by atoms with Gasteiger partial charge in [0.25, 0.3) is 0 Å². The van der Waals surface area contributed by atoms with Crippen LogP contribution in [0, 0.1) is 0 Å². The molecule has 1 saturated carbocycles. The maximum absolute atomic E-state index is 12.3. The van der Waals surface area contributed by atoms with Gasteiger partial charge in [0.2, 0.25) is 5.91 Å². The maximum atomic E-state index is 12.3. The summed E-state index contributed by atoms with van der Waals surface area (Å²) in [7, 11) is 0. The summed E-state index contributed by atoms with van der Waals surface area (Å²) >= 11 is 0. The number of nitrogens with two attached hydrogens (primary N) is 1. The van der Waals surface area contributed by atoms with Crippen LogP contribution in [0.25, 0.3) is 0 Å². The predicted molar refractivity (Wildman–Crippen MR) is 81.8 cm³/mol. The molecule has 4 N–H and O–H groups in total. The molecule has 2 amide bonds. The summed E-state index contributed by atoms with van der Waals surface area (Å²) < 4.78 is 5.21. The number of hydrogen-bond acceptors (Lipinski definition) is 4. The molecule has 1 aliphatic carbocycles. The van der Waals surface area contributed by atoms with E-state index in [1.165, 1.54) is 0 Å². The lowest BCUT2D eigenvalue weighted by atomic mass is 10.1. The minimum Gasteiger partial charge on any atom is -0.444 e. The molecule has 0 aromatic carbocycles. The standard InChI is InChI=1S/C15H29N3O3/c1-15(2,3)21-14(20)18-12(9-6-10-16)13(19)17-11-7-4-5-8-11/h11-12H,4-10,16H2,1-3H3,(H,17,19)(H,18,20). The smallest absolute Gasteiger partial charge is 0.408 e. The molecule has 0 bridgehead atoms. The van der Waals surface area contributed by atoms with Crippen molar-refractivity contribution in [2.45, 2.75) is 77.0 Å². The summed E-state index contributed by atoms with van der Waals surface area (Å²) in [4.78, 5) is 24.1. The van der Waals surface area contributed by atoms with Crippen molar-refractivity contribution in [3.05, 3.63) is 0 Å². The van der Waals surface area contributed by atoms with Crippen molar-refractivity contribution in [2.24, 2.45) is 5.73 Å². The zero-order chi connectivity index (χ0) is 15.9. The number of rotatable bonds is 6. The third-order valence-corrected chi connectivity index (χ3v) is 3.41. The Balaban J connectivity index is 2.52. The van der Waals surface area contributed by atoms with E-state index in [1.54, 1.807) is 20.8 Å². The van der Waals surface area contributed by atoms with Crippen molar-refractivity contribution in [3.63, 3.8) is 0 Å². The summed E-state index contributed by atoms with van der Waals surface area (Å²) in [6.07, 6.45) is 4.97. The molecule has 0 aliphatic heterocycles. The average Bonchev–Trinajstić information content (AvgIpc) is 2.84. The Kier molecular flexibility index (Phi) is 6.95. The Morgan fingerprint density at radius 2 is 1.90 bits per heavy atom. The van der Waals surface area contributed by atoms with Gasteiger partial charge in [-0.15, -0.1) is 0 Å². The number of alkyl carbamates (subject to hydrolysis) is 1. The minimum atomic E-state index is -0.580. The molecular formula is C15H29N3O3. The molecule has 0 aromatic rings. The molecule has 0 aromatic heterocycles. The second-order valence-corrected chi connectivity index (χ2v) is 6.62. The van der Waals surface area contributed by atoms with E-state index in [4.69, 9.17) is 10.5 Å². The molecule has 21 heavy (non-hydrogen) atoms. The fourth-order valence-corrected chi connectivity index (χ4v) is 2.41. The second-order valence-electron chi connectivity index (χ2n) is 6.62. The Morgan fingerprint density at radius 1 is 1.29 bits per heavy atom. The summed E-state index contributed by atoms with van der Waals surface area (Å²) in [6, 6.07) is -0.345. The molecule has 0 spiro atoms. The fraction of sp³-hybridized carbons (Fsp3) is 0.867. The van der Waals surface area contributed by atoms with Gasteiger partial charge in [0.05, 0.1) is 0 Å². The lowest BCUT2D eigenvalue weighted by Crippen LogP contribution is -2.50. The van der Waals surface area contributed by atoms with Crippen LogP contribution in [0.4, 0.5) is 4.79 Å². The van der Waals surface area contributed by atoms with Gasteiger partial charge in [0.15, 0.2) is 0 Å². The van der Waals surface area contributed by atoms with Crippen LogP contribution in [0.1, 0.15) is 59.3 Å². The number of carbonyl (C=O) groups excluding carboxylic acids is 2. The van der Waals surface area contributed by atoms with Gasteiger partial charge in [-0.2, -0.15) is 0 Å². The quantitative estimate of drug-likeness (QED) is 0.695. The van der Waals surface area contributed by atoms with E-state index >= 15 is 0 Å². The molecule has 6 nitrogen and oxygen atoms in total. The molecule has 0 heterocycles. The SMILES string of the molecule is CC(C)(C)OC(=O)NC(CCCN)C(=O)NC1CCCC1. The number of carbonyl (C=O) groups is 2. The predicted octanol–water partition coefficient (Wildman–Crippen LogP) is 1.68. The van der Waals surface area contributed by atoms with Gasteiger partial charge in [-0.05, 0) is 53.0 Å². The van der Waals surface area contributed by atoms with Gasteiger partial charge in [-0.3, -0.25) is 4.79 Å². The van der Waals surface area contributed by atoms with E-state index in [9.17, 15) is 9.59 Å². The molecule has 0 radical (unpaired) electrons. The highest BCUT2D eigenvalue weighted by molar-refractivity contribution is 5.85. The van der Waals surface area contributed by atoms with Crippen molar-refractivity contribution in [2.75, 3.05) is 6.54 Å².